The highest BCUT2D eigenvalue weighted by molar-refractivity contribution is 7.89. The highest BCUT2D eigenvalue weighted by Crippen LogP contribution is 2.18. The van der Waals surface area contributed by atoms with Gasteiger partial charge in [-0.15, -0.1) is 0 Å². The molecule has 2 atom stereocenters. The average Bonchev–Trinajstić information content (AvgIpc) is 2.82. The van der Waals surface area contributed by atoms with Crippen molar-refractivity contribution in [1.29, 1.82) is 0 Å². The van der Waals surface area contributed by atoms with Gasteiger partial charge in [-0.25, -0.2) is 13.1 Å². The van der Waals surface area contributed by atoms with E-state index in [4.69, 9.17) is 10.5 Å². The number of hydrogen-bond acceptors (Lipinski definition) is 4. The van der Waals surface area contributed by atoms with E-state index in [1.807, 2.05) is 6.92 Å². The molecule has 0 aromatic heterocycles. The predicted molar refractivity (Wildman–Crippen MR) is 69.6 cm³/mol. The summed E-state index contributed by atoms with van der Waals surface area (Å²) in [5.41, 5.74) is 6.08. The van der Waals surface area contributed by atoms with Crippen molar-refractivity contribution < 1.29 is 13.2 Å². The van der Waals surface area contributed by atoms with Gasteiger partial charge in [0.15, 0.2) is 0 Å². The molecule has 0 amide bonds. The number of nitrogens with one attached hydrogen (secondary N) is 1. The fourth-order valence-corrected chi connectivity index (χ4v) is 3.30. The Morgan fingerprint density at radius 1 is 1.39 bits per heavy atom. The van der Waals surface area contributed by atoms with E-state index in [9.17, 15) is 8.42 Å². The molecule has 100 valence electrons. The molecular weight excluding hydrogens is 252 g/mol. The summed E-state index contributed by atoms with van der Waals surface area (Å²) >= 11 is 0. The van der Waals surface area contributed by atoms with E-state index in [1.54, 1.807) is 12.1 Å². The molecule has 5 nitrogen and oxygen atoms in total. The van der Waals surface area contributed by atoms with Gasteiger partial charge in [-0.2, -0.15) is 0 Å². The Hall–Kier alpha value is -1.11. The zero-order valence-electron chi connectivity index (χ0n) is 10.3. The molecule has 1 saturated heterocycles. The molecule has 2 rings (SSSR count). The lowest BCUT2D eigenvalue weighted by atomic mass is 10.1. The average molecular weight is 270 g/mol. The summed E-state index contributed by atoms with van der Waals surface area (Å²) in [5, 5.41) is 0. The van der Waals surface area contributed by atoms with Crippen LogP contribution in [0.25, 0.3) is 0 Å². The van der Waals surface area contributed by atoms with E-state index in [-0.39, 0.29) is 17.0 Å². The molecule has 1 aromatic carbocycles. The first-order valence-corrected chi connectivity index (χ1v) is 7.47. The molecule has 2 unspecified atom stereocenters. The number of nitrogen functional groups attached to an aromatic ring is 1. The molecular formula is C12H18N2O3S. The Morgan fingerprint density at radius 3 is 2.61 bits per heavy atom. The number of ether oxygens (including phenoxy) is 1. The van der Waals surface area contributed by atoms with E-state index >= 15 is 0 Å². The van der Waals surface area contributed by atoms with Gasteiger partial charge in [0.2, 0.25) is 10.0 Å². The third-order valence-corrected chi connectivity index (χ3v) is 4.63. The third-order valence-electron chi connectivity index (χ3n) is 3.05. The van der Waals surface area contributed by atoms with Gasteiger partial charge in [-0.05, 0) is 44.0 Å². The summed E-state index contributed by atoms with van der Waals surface area (Å²) in [7, 11) is -3.50. The van der Waals surface area contributed by atoms with Crippen LogP contribution in [0.3, 0.4) is 0 Å². The number of sulfonamides is 1. The van der Waals surface area contributed by atoms with Crippen molar-refractivity contribution in [2.75, 3.05) is 12.3 Å². The second kappa shape index (κ2) is 5.26. The van der Waals surface area contributed by atoms with Crippen molar-refractivity contribution in [3.63, 3.8) is 0 Å². The van der Waals surface area contributed by atoms with E-state index in [2.05, 4.69) is 4.72 Å². The molecule has 1 aromatic rings. The summed E-state index contributed by atoms with van der Waals surface area (Å²) in [6.07, 6.45) is 1.85. The van der Waals surface area contributed by atoms with Crippen LogP contribution in [0.5, 0.6) is 0 Å². The normalized spacial score (nSPS) is 21.9. The van der Waals surface area contributed by atoms with E-state index in [0.29, 0.717) is 12.3 Å². The standard InChI is InChI=1S/C12H18N2O3S/c1-9(12-3-2-8-17-12)14-18(15,16)11-6-4-10(13)5-7-11/h4-7,9,12,14H,2-3,8,13H2,1H3. The van der Waals surface area contributed by atoms with Gasteiger partial charge in [0.25, 0.3) is 0 Å². The third kappa shape index (κ3) is 3.01. The highest BCUT2D eigenvalue weighted by atomic mass is 32.2. The first-order chi connectivity index (χ1) is 8.49. The van der Waals surface area contributed by atoms with Gasteiger partial charge in [0.05, 0.1) is 11.0 Å². The van der Waals surface area contributed by atoms with Crippen molar-refractivity contribution >= 4 is 15.7 Å². The molecule has 0 aliphatic carbocycles. The van der Waals surface area contributed by atoms with Crippen molar-refractivity contribution in [3.8, 4) is 0 Å². The van der Waals surface area contributed by atoms with Crippen molar-refractivity contribution in [1.82, 2.24) is 4.72 Å². The fraction of sp³-hybridized carbons (Fsp3) is 0.500. The molecule has 0 radical (unpaired) electrons. The SMILES string of the molecule is CC(NS(=O)(=O)c1ccc(N)cc1)C1CCCO1. The molecule has 1 aliphatic rings. The van der Waals surface area contributed by atoms with E-state index in [0.717, 1.165) is 12.8 Å². The van der Waals surface area contributed by atoms with Gasteiger partial charge >= 0.3 is 0 Å². The van der Waals surface area contributed by atoms with Crippen molar-refractivity contribution in [2.45, 2.75) is 36.8 Å². The van der Waals surface area contributed by atoms with Gasteiger partial charge in [0.1, 0.15) is 0 Å². The molecule has 1 heterocycles. The van der Waals surface area contributed by atoms with Crippen molar-refractivity contribution in [3.05, 3.63) is 24.3 Å². The van der Waals surface area contributed by atoms with Crippen molar-refractivity contribution in [2.24, 2.45) is 0 Å². The van der Waals surface area contributed by atoms with Crippen LogP contribution in [0.15, 0.2) is 29.2 Å². The van der Waals surface area contributed by atoms with Crippen LogP contribution in [-0.4, -0.2) is 27.2 Å². The zero-order chi connectivity index (χ0) is 13.2. The van der Waals surface area contributed by atoms with Crippen LogP contribution in [-0.2, 0) is 14.8 Å². The fourth-order valence-electron chi connectivity index (χ4n) is 2.03. The summed E-state index contributed by atoms with van der Waals surface area (Å²) in [6.45, 7) is 2.53. The molecule has 1 fully saturated rings. The largest absolute Gasteiger partial charge is 0.399 e. The van der Waals surface area contributed by atoms with Gasteiger partial charge < -0.3 is 10.5 Å². The molecule has 0 spiro atoms. The zero-order valence-corrected chi connectivity index (χ0v) is 11.1. The van der Waals surface area contributed by atoms with Gasteiger partial charge in [-0.3, -0.25) is 0 Å². The minimum atomic E-state index is -3.50. The Bertz CT molecular complexity index is 493. The van der Waals surface area contributed by atoms with Gasteiger partial charge in [0, 0.05) is 18.3 Å². The number of benzene rings is 1. The maximum absolute atomic E-state index is 12.1. The molecule has 0 saturated carbocycles. The summed E-state index contributed by atoms with van der Waals surface area (Å²) in [6, 6.07) is 5.92. The molecule has 6 heteroatoms. The number of hydrogen-bond donors (Lipinski definition) is 2. The Kier molecular flexibility index (Phi) is 3.89. The first-order valence-electron chi connectivity index (χ1n) is 5.98. The lowest BCUT2D eigenvalue weighted by Gasteiger charge is -2.19. The summed E-state index contributed by atoms with van der Waals surface area (Å²) in [5.74, 6) is 0. The van der Waals surface area contributed by atoms with E-state index < -0.39 is 10.0 Å². The molecule has 18 heavy (non-hydrogen) atoms. The Balaban J connectivity index is 2.09. The second-order valence-electron chi connectivity index (χ2n) is 4.53. The Morgan fingerprint density at radius 2 is 2.06 bits per heavy atom. The monoisotopic (exact) mass is 270 g/mol. The van der Waals surface area contributed by atoms with E-state index in [1.165, 1.54) is 12.1 Å². The van der Waals surface area contributed by atoms with Gasteiger partial charge in [-0.1, -0.05) is 0 Å². The predicted octanol–water partition coefficient (Wildman–Crippen LogP) is 1.11. The smallest absolute Gasteiger partial charge is 0.240 e. The number of anilines is 1. The summed E-state index contributed by atoms with van der Waals surface area (Å²) in [4.78, 5) is 0.224. The summed E-state index contributed by atoms with van der Waals surface area (Å²) < 4.78 is 32.3. The lowest BCUT2D eigenvalue weighted by molar-refractivity contribution is 0.0902. The lowest BCUT2D eigenvalue weighted by Crippen LogP contribution is -2.40. The maximum Gasteiger partial charge on any atom is 0.240 e. The first kappa shape index (κ1) is 13.3. The highest BCUT2D eigenvalue weighted by Gasteiger charge is 2.26. The molecule has 1 aliphatic heterocycles. The Labute approximate surface area is 107 Å². The van der Waals surface area contributed by atoms with Crippen LogP contribution >= 0.6 is 0 Å². The minimum absolute atomic E-state index is 0.0337. The molecule has 3 N–H and O–H groups in total. The second-order valence-corrected chi connectivity index (χ2v) is 6.24. The number of nitrogens with two attached hydrogens (primary N) is 1. The maximum atomic E-state index is 12.1. The topological polar surface area (TPSA) is 81.4 Å². The van der Waals surface area contributed by atoms with Crippen LogP contribution in [0.1, 0.15) is 19.8 Å². The number of rotatable bonds is 4. The van der Waals surface area contributed by atoms with Crippen LogP contribution in [0.2, 0.25) is 0 Å². The molecule has 0 bridgehead atoms. The quantitative estimate of drug-likeness (QED) is 0.803. The van der Waals surface area contributed by atoms with Crippen LogP contribution in [0.4, 0.5) is 5.69 Å². The van der Waals surface area contributed by atoms with Crippen LogP contribution < -0.4 is 10.5 Å². The minimum Gasteiger partial charge on any atom is -0.399 e. The van der Waals surface area contributed by atoms with Crippen LogP contribution in [0, 0.1) is 0 Å².